The van der Waals surface area contributed by atoms with E-state index in [1.54, 1.807) is 0 Å². The van der Waals surface area contributed by atoms with Gasteiger partial charge in [-0.1, -0.05) is 24.3 Å². The molecule has 0 fully saturated rings. The Kier molecular flexibility index (Phi) is 2.96. The lowest BCUT2D eigenvalue weighted by Gasteiger charge is -2.15. The second-order valence-electron chi connectivity index (χ2n) is 2.57. The van der Waals surface area contributed by atoms with Gasteiger partial charge in [0.2, 0.25) is 0 Å². The standard InChI is InChI=1S/C10H15N/c1-3-11(4-2)9-10-7-5-6-8-10/h5-9H,3-4H2,1-2H3. The fraction of sp³-hybridized carbons (Fsp3) is 0.400. The van der Waals surface area contributed by atoms with Crippen LogP contribution in [-0.2, 0) is 0 Å². The summed E-state index contributed by atoms with van der Waals surface area (Å²) in [5.74, 6) is 0. The van der Waals surface area contributed by atoms with E-state index in [9.17, 15) is 0 Å². The van der Waals surface area contributed by atoms with Crippen LogP contribution in [0.25, 0.3) is 0 Å². The number of nitrogens with zero attached hydrogens (tertiary/aromatic N) is 1. The molecule has 0 aromatic carbocycles. The third-order valence-corrected chi connectivity index (χ3v) is 1.83. The van der Waals surface area contributed by atoms with Crippen LogP contribution in [0.15, 0.2) is 36.1 Å². The van der Waals surface area contributed by atoms with Crippen molar-refractivity contribution in [3.63, 3.8) is 0 Å². The summed E-state index contributed by atoms with van der Waals surface area (Å²) in [5.41, 5.74) is 1.30. The maximum absolute atomic E-state index is 2.29. The molecule has 1 aliphatic rings. The summed E-state index contributed by atoms with van der Waals surface area (Å²) in [6, 6.07) is 0. The first-order chi connectivity index (χ1) is 5.36. The third kappa shape index (κ3) is 2.26. The first kappa shape index (κ1) is 8.12. The van der Waals surface area contributed by atoms with E-state index in [0.29, 0.717) is 0 Å². The van der Waals surface area contributed by atoms with Gasteiger partial charge in [0, 0.05) is 19.3 Å². The van der Waals surface area contributed by atoms with E-state index < -0.39 is 0 Å². The van der Waals surface area contributed by atoms with Gasteiger partial charge in [-0.3, -0.25) is 0 Å². The molecule has 1 heteroatoms. The average Bonchev–Trinajstić information content (AvgIpc) is 2.52. The van der Waals surface area contributed by atoms with Crippen molar-refractivity contribution in [2.24, 2.45) is 0 Å². The zero-order valence-electron chi connectivity index (χ0n) is 7.25. The number of allylic oxidation sites excluding steroid dienone is 5. The van der Waals surface area contributed by atoms with Gasteiger partial charge in [0.05, 0.1) is 0 Å². The van der Waals surface area contributed by atoms with Crippen molar-refractivity contribution < 1.29 is 0 Å². The molecule has 1 nitrogen and oxygen atoms in total. The van der Waals surface area contributed by atoms with Gasteiger partial charge in [0.15, 0.2) is 0 Å². The molecule has 0 spiro atoms. The molecule has 0 aromatic rings. The van der Waals surface area contributed by atoms with Crippen LogP contribution in [0.1, 0.15) is 13.8 Å². The van der Waals surface area contributed by atoms with Gasteiger partial charge in [0.25, 0.3) is 0 Å². The lowest BCUT2D eigenvalue weighted by molar-refractivity contribution is 0.417. The van der Waals surface area contributed by atoms with Crippen molar-refractivity contribution >= 4 is 0 Å². The van der Waals surface area contributed by atoms with Crippen LogP contribution in [0.3, 0.4) is 0 Å². The Morgan fingerprint density at radius 2 is 1.73 bits per heavy atom. The predicted octanol–water partition coefficient (Wildman–Crippen LogP) is 2.34. The minimum Gasteiger partial charge on any atom is -0.377 e. The molecule has 0 N–H and O–H groups in total. The highest BCUT2D eigenvalue weighted by atomic mass is 15.1. The zero-order valence-corrected chi connectivity index (χ0v) is 7.25. The van der Waals surface area contributed by atoms with Gasteiger partial charge in [0.1, 0.15) is 0 Å². The summed E-state index contributed by atoms with van der Waals surface area (Å²) < 4.78 is 0. The van der Waals surface area contributed by atoms with Crippen molar-refractivity contribution in [2.75, 3.05) is 13.1 Å². The second kappa shape index (κ2) is 4.02. The zero-order chi connectivity index (χ0) is 8.10. The molecule has 0 atom stereocenters. The first-order valence-electron chi connectivity index (χ1n) is 4.17. The van der Waals surface area contributed by atoms with Crippen LogP contribution in [0.4, 0.5) is 0 Å². The quantitative estimate of drug-likeness (QED) is 0.595. The highest BCUT2D eigenvalue weighted by Gasteiger charge is 1.94. The minimum atomic E-state index is 1.08. The third-order valence-electron chi connectivity index (χ3n) is 1.83. The van der Waals surface area contributed by atoms with Crippen molar-refractivity contribution in [2.45, 2.75) is 13.8 Å². The molecule has 0 bridgehead atoms. The first-order valence-corrected chi connectivity index (χ1v) is 4.17. The molecule has 0 saturated heterocycles. The molecule has 0 unspecified atom stereocenters. The van der Waals surface area contributed by atoms with Crippen LogP contribution in [0.2, 0.25) is 0 Å². The topological polar surface area (TPSA) is 3.24 Å². The van der Waals surface area contributed by atoms with E-state index in [0.717, 1.165) is 13.1 Å². The Bertz CT molecular complexity index is 181. The molecule has 0 aromatic heterocycles. The van der Waals surface area contributed by atoms with E-state index in [2.05, 4.69) is 49.3 Å². The lowest BCUT2D eigenvalue weighted by atomic mass is 10.3. The minimum absolute atomic E-state index is 1.08. The molecule has 0 saturated carbocycles. The summed E-state index contributed by atoms with van der Waals surface area (Å²) in [5, 5.41) is 0. The maximum Gasteiger partial charge on any atom is 0.0144 e. The van der Waals surface area contributed by atoms with Crippen molar-refractivity contribution in [3.05, 3.63) is 36.1 Å². The molecule has 0 heterocycles. The smallest absolute Gasteiger partial charge is 0.0144 e. The number of rotatable bonds is 3. The summed E-state index contributed by atoms with van der Waals surface area (Å²) in [7, 11) is 0. The van der Waals surface area contributed by atoms with Crippen molar-refractivity contribution in [1.82, 2.24) is 4.90 Å². The fourth-order valence-electron chi connectivity index (χ4n) is 1.09. The van der Waals surface area contributed by atoms with Crippen molar-refractivity contribution in [1.29, 1.82) is 0 Å². The van der Waals surface area contributed by atoms with Gasteiger partial charge in [-0.15, -0.1) is 0 Å². The highest BCUT2D eigenvalue weighted by molar-refractivity contribution is 5.39. The Balaban J connectivity index is 2.55. The Morgan fingerprint density at radius 1 is 1.18 bits per heavy atom. The summed E-state index contributed by atoms with van der Waals surface area (Å²) >= 11 is 0. The molecule has 0 radical (unpaired) electrons. The lowest BCUT2D eigenvalue weighted by Crippen LogP contribution is -2.15. The monoisotopic (exact) mass is 149 g/mol. The van der Waals surface area contributed by atoms with E-state index >= 15 is 0 Å². The fourth-order valence-corrected chi connectivity index (χ4v) is 1.09. The molecule has 0 aliphatic heterocycles. The van der Waals surface area contributed by atoms with Crippen LogP contribution in [-0.4, -0.2) is 18.0 Å². The summed E-state index contributed by atoms with van der Waals surface area (Å²) in [4.78, 5) is 2.29. The summed E-state index contributed by atoms with van der Waals surface area (Å²) in [6.07, 6.45) is 10.6. The van der Waals surface area contributed by atoms with Crippen LogP contribution >= 0.6 is 0 Å². The average molecular weight is 149 g/mol. The van der Waals surface area contributed by atoms with Crippen molar-refractivity contribution in [3.8, 4) is 0 Å². The highest BCUT2D eigenvalue weighted by Crippen LogP contribution is 2.07. The van der Waals surface area contributed by atoms with Gasteiger partial charge >= 0.3 is 0 Å². The molecule has 0 amide bonds. The molecule has 1 rings (SSSR count). The summed E-state index contributed by atoms with van der Waals surface area (Å²) in [6.45, 7) is 6.51. The molecule has 1 aliphatic carbocycles. The van der Waals surface area contributed by atoms with Crippen LogP contribution < -0.4 is 0 Å². The number of hydrogen-bond donors (Lipinski definition) is 0. The van der Waals surface area contributed by atoms with Gasteiger partial charge < -0.3 is 4.90 Å². The largest absolute Gasteiger partial charge is 0.377 e. The van der Waals surface area contributed by atoms with Gasteiger partial charge in [-0.2, -0.15) is 0 Å². The van der Waals surface area contributed by atoms with Crippen LogP contribution in [0, 0.1) is 0 Å². The predicted molar refractivity (Wildman–Crippen MR) is 49.3 cm³/mol. The normalized spacial score (nSPS) is 14.2. The van der Waals surface area contributed by atoms with Gasteiger partial charge in [-0.25, -0.2) is 0 Å². The van der Waals surface area contributed by atoms with Crippen LogP contribution in [0.5, 0.6) is 0 Å². The Labute approximate surface area is 68.7 Å². The molecular formula is C10H15N. The SMILES string of the molecule is CCN(C=C1C=CC=C1)CC. The van der Waals surface area contributed by atoms with E-state index in [1.807, 2.05) is 0 Å². The van der Waals surface area contributed by atoms with E-state index in [4.69, 9.17) is 0 Å². The van der Waals surface area contributed by atoms with Gasteiger partial charge in [-0.05, 0) is 19.4 Å². The van der Waals surface area contributed by atoms with E-state index in [-0.39, 0.29) is 0 Å². The number of hydrogen-bond acceptors (Lipinski definition) is 1. The molecular weight excluding hydrogens is 134 g/mol. The molecule has 60 valence electrons. The second-order valence-corrected chi connectivity index (χ2v) is 2.57. The Hall–Kier alpha value is -0.980. The van der Waals surface area contributed by atoms with E-state index in [1.165, 1.54) is 5.57 Å². The Morgan fingerprint density at radius 3 is 2.18 bits per heavy atom. The molecule has 11 heavy (non-hydrogen) atoms. The maximum atomic E-state index is 2.29.